The molecule has 92 valence electrons. The van der Waals surface area contributed by atoms with Crippen LogP contribution in [0.1, 0.15) is 35.1 Å². The first kappa shape index (κ1) is 12.0. The lowest BCUT2D eigenvalue weighted by atomic mass is 10.1. The molecular formula is C10H14N4O2S. The Labute approximate surface area is 103 Å². The maximum absolute atomic E-state index is 11.9. The molecule has 0 aliphatic carbocycles. The van der Waals surface area contributed by atoms with Crippen LogP contribution in [0.2, 0.25) is 0 Å². The molecule has 7 heteroatoms. The molecule has 1 aliphatic heterocycles. The van der Waals surface area contributed by atoms with Crippen LogP contribution in [0.3, 0.4) is 0 Å². The highest BCUT2D eigenvalue weighted by Gasteiger charge is 2.25. The molecule has 2 heterocycles. The van der Waals surface area contributed by atoms with E-state index in [1.807, 2.05) is 6.92 Å². The highest BCUT2D eigenvalue weighted by Crippen LogP contribution is 2.12. The van der Waals surface area contributed by atoms with Gasteiger partial charge in [-0.3, -0.25) is 9.59 Å². The summed E-state index contributed by atoms with van der Waals surface area (Å²) in [6, 6.07) is -0.428. The average Bonchev–Trinajstić information content (AvgIpc) is 2.80. The highest BCUT2D eigenvalue weighted by atomic mass is 32.1. The molecule has 0 spiro atoms. The summed E-state index contributed by atoms with van der Waals surface area (Å²) in [6.45, 7) is 2.61. The summed E-state index contributed by atoms with van der Waals surface area (Å²) >= 11 is 1.07. The van der Waals surface area contributed by atoms with Crippen molar-refractivity contribution in [3.05, 3.63) is 10.6 Å². The number of carbonyl (C=O) groups is 2. The summed E-state index contributed by atoms with van der Waals surface area (Å²) in [5.41, 5.74) is 0.684. The van der Waals surface area contributed by atoms with Crippen molar-refractivity contribution < 1.29 is 9.59 Å². The van der Waals surface area contributed by atoms with Gasteiger partial charge < -0.3 is 10.6 Å². The van der Waals surface area contributed by atoms with Gasteiger partial charge in [0.15, 0.2) is 0 Å². The molecule has 1 fully saturated rings. The molecular weight excluding hydrogens is 240 g/mol. The minimum Gasteiger partial charge on any atom is -0.354 e. The lowest BCUT2D eigenvalue weighted by Crippen LogP contribution is -2.50. The summed E-state index contributed by atoms with van der Waals surface area (Å²) in [7, 11) is 0. The third-order valence-electron chi connectivity index (χ3n) is 2.69. The molecule has 17 heavy (non-hydrogen) atoms. The number of hydrogen-bond acceptors (Lipinski definition) is 5. The summed E-state index contributed by atoms with van der Waals surface area (Å²) < 4.78 is 3.76. The Hall–Kier alpha value is -1.50. The molecule has 1 aliphatic rings. The van der Waals surface area contributed by atoms with Gasteiger partial charge in [-0.15, -0.1) is 5.10 Å². The average molecular weight is 254 g/mol. The van der Waals surface area contributed by atoms with E-state index in [4.69, 9.17) is 0 Å². The van der Waals surface area contributed by atoms with Crippen LogP contribution in [0.25, 0.3) is 0 Å². The van der Waals surface area contributed by atoms with E-state index >= 15 is 0 Å². The van der Waals surface area contributed by atoms with Crippen molar-refractivity contribution in [2.45, 2.75) is 32.2 Å². The van der Waals surface area contributed by atoms with E-state index in [1.165, 1.54) is 0 Å². The molecule has 0 saturated carbocycles. The third kappa shape index (κ3) is 2.60. The van der Waals surface area contributed by atoms with Crippen LogP contribution < -0.4 is 10.6 Å². The topological polar surface area (TPSA) is 84.0 Å². The largest absolute Gasteiger partial charge is 0.354 e. The van der Waals surface area contributed by atoms with Crippen LogP contribution in [0, 0.1) is 0 Å². The predicted molar refractivity (Wildman–Crippen MR) is 62.8 cm³/mol. The number of rotatable bonds is 3. The molecule has 2 rings (SSSR count). The second-order valence-corrected chi connectivity index (χ2v) is 4.62. The molecule has 1 saturated heterocycles. The van der Waals surface area contributed by atoms with Gasteiger partial charge in [-0.25, -0.2) is 0 Å². The maximum atomic E-state index is 11.9. The standard InChI is InChI=1S/C10H14N4O2S/c1-2-6-8(17-14-13-6)10(16)12-7-4-3-5-11-9(7)15/h7H,2-5H2,1H3,(H,11,15)(H,12,16). The van der Waals surface area contributed by atoms with Gasteiger partial charge >= 0.3 is 0 Å². The summed E-state index contributed by atoms with van der Waals surface area (Å²) in [6.07, 6.45) is 2.24. The van der Waals surface area contributed by atoms with Crippen LogP contribution >= 0.6 is 11.5 Å². The van der Waals surface area contributed by atoms with Gasteiger partial charge in [0, 0.05) is 6.54 Å². The Bertz CT molecular complexity index is 432. The number of hydrogen-bond donors (Lipinski definition) is 2. The van der Waals surface area contributed by atoms with Crippen molar-refractivity contribution in [2.24, 2.45) is 0 Å². The van der Waals surface area contributed by atoms with Crippen LogP contribution in [0.15, 0.2) is 0 Å². The van der Waals surface area contributed by atoms with Crippen LogP contribution in [-0.2, 0) is 11.2 Å². The fraction of sp³-hybridized carbons (Fsp3) is 0.600. The van der Waals surface area contributed by atoms with E-state index in [-0.39, 0.29) is 11.8 Å². The first-order chi connectivity index (χ1) is 8.22. The molecule has 2 N–H and O–H groups in total. The number of aromatic nitrogens is 2. The number of nitrogens with one attached hydrogen (secondary N) is 2. The van der Waals surface area contributed by atoms with E-state index in [1.54, 1.807) is 0 Å². The van der Waals surface area contributed by atoms with Crippen LogP contribution in [0.4, 0.5) is 0 Å². The van der Waals surface area contributed by atoms with E-state index in [0.717, 1.165) is 18.0 Å². The second-order valence-electron chi connectivity index (χ2n) is 3.86. The molecule has 0 bridgehead atoms. The monoisotopic (exact) mass is 254 g/mol. The van der Waals surface area contributed by atoms with E-state index < -0.39 is 6.04 Å². The molecule has 2 amide bonds. The Morgan fingerprint density at radius 1 is 1.65 bits per heavy atom. The highest BCUT2D eigenvalue weighted by molar-refractivity contribution is 7.08. The van der Waals surface area contributed by atoms with Crippen molar-refractivity contribution in [1.29, 1.82) is 0 Å². The zero-order valence-electron chi connectivity index (χ0n) is 9.52. The van der Waals surface area contributed by atoms with Gasteiger partial charge in [0.1, 0.15) is 10.9 Å². The van der Waals surface area contributed by atoms with Crippen molar-refractivity contribution in [1.82, 2.24) is 20.2 Å². The Kier molecular flexibility index (Phi) is 3.68. The number of aryl methyl sites for hydroxylation is 1. The molecule has 0 radical (unpaired) electrons. The van der Waals surface area contributed by atoms with Gasteiger partial charge in [-0.05, 0) is 30.8 Å². The fourth-order valence-corrected chi connectivity index (χ4v) is 2.40. The summed E-state index contributed by atoms with van der Waals surface area (Å²) in [4.78, 5) is 23.9. The quantitative estimate of drug-likeness (QED) is 0.802. The maximum Gasteiger partial charge on any atom is 0.265 e. The van der Waals surface area contributed by atoms with Crippen LogP contribution in [-0.4, -0.2) is 34.0 Å². The number of piperidine rings is 1. The molecule has 0 aromatic carbocycles. The van der Waals surface area contributed by atoms with E-state index in [2.05, 4.69) is 20.2 Å². The van der Waals surface area contributed by atoms with Crippen LogP contribution in [0.5, 0.6) is 0 Å². The zero-order chi connectivity index (χ0) is 12.3. The SMILES string of the molecule is CCc1nnsc1C(=O)NC1CCCNC1=O. The Morgan fingerprint density at radius 3 is 3.18 bits per heavy atom. The van der Waals surface area contributed by atoms with Gasteiger partial charge in [0.05, 0.1) is 5.69 Å². The van der Waals surface area contributed by atoms with Gasteiger partial charge in [-0.2, -0.15) is 0 Å². The first-order valence-corrected chi connectivity index (χ1v) is 6.39. The van der Waals surface area contributed by atoms with E-state index in [9.17, 15) is 9.59 Å². The number of amides is 2. The number of nitrogens with zero attached hydrogens (tertiary/aromatic N) is 2. The predicted octanol–water partition coefficient (Wildman–Crippen LogP) is 0.109. The Balaban J connectivity index is 2.03. The molecule has 1 aromatic rings. The van der Waals surface area contributed by atoms with Gasteiger partial charge in [0.2, 0.25) is 5.91 Å². The minimum absolute atomic E-state index is 0.111. The second kappa shape index (κ2) is 5.22. The lowest BCUT2D eigenvalue weighted by molar-refractivity contribution is -0.124. The van der Waals surface area contributed by atoms with Crippen molar-refractivity contribution >= 4 is 23.3 Å². The minimum atomic E-state index is -0.428. The van der Waals surface area contributed by atoms with Crippen molar-refractivity contribution in [2.75, 3.05) is 6.54 Å². The van der Waals surface area contributed by atoms with Gasteiger partial charge in [0.25, 0.3) is 5.91 Å². The molecule has 1 aromatic heterocycles. The summed E-state index contributed by atoms with van der Waals surface area (Å²) in [5, 5.41) is 9.33. The molecule has 6 nitrogen and oxygen atoms in total. The smallest absolute Gasteiger partial charge is 0.265 e. The van der Waals surface area contributed by atoms with Crippen molar-refractivity contribution in [3.8, 4) is 0 Å². The molecule has 1 unspecified atom stereocenters. The molecule has 1 atom stereocenters. The lowest BCUT2D eigenvalue weighted by Gasteiger charge is -2.22. The summed E-state index contributed by atoms with van der Waals surface area (Å²) in [5.74, 6) is -0.362. The first-order valence-electron chi connectivity index (χ1n) is 5.62. The van der Waals surface area contributed by atoms with E-state index in [0.29, 0.717) is 30.0 Å². The number of carbonyl (C=O) groups excluding carboxylic acids is 2. The fourth-order valence-electron chi connectivity index (χ4n) is 1.75. The Morgan fingerprint density at radius 2 is 2.47 bits per heavy atom. The zero-order valence-corrected chi connectivity index (χ0v) is 10.3. The van der Waals surface area contributed by atoms with Gasteiger partial charge in [-0.1, -0.05) is 11.4 Å². The normalized spacial score (nSPS) is 19.8. The third-order valence-corrected chi connectivity index (χ3v) is 3.45. The van der Waals surface area contributed by atoms with Crippen molar-refractivity contribution in [3.63, 3.8) is 0 Å².